The minimum absolute atomic E-state index is 0.278. The summed E-state index contributed by atoms with van der Waals surface area (Å²) in [4.78, 5) is 21.6. The van der Waals surface area contributed by atoms with Crippen molar-refractivity contribution in [3.63, 3.8) is 0 Å². The predicted octanol–water partition coefficient (Wildman–Crippen LogP) is 5.16. The molecule has 0 saturated heterocycles. The average Bonchev–Trinajstić information content (AvgIpc) is 2.79. The van der Waals surface area contributed by atoms with Crippen LogP contribution in [0.2, 0.25) is 0 Å². The van der Waals surface area contributed by atoms with E-state index in [9.17, 15) is 4.79 Å². The van der Waals surface area contributed by atoms with Gasteiger partial charge < -0.3 is 20.1 Å². The molecule has 0 radical (unpaired) electrons. The number of nitrogens with zero attached hydrogens (tertiary/aromatic N) is 2. The molecular weight excluding hydrogens is 460 g/mol. The number of nitrogens with one attached hydrogen (secondary N) is 2. The van der Waals surface area contributed by atoms with Crippen molar-refractivity contribution in [2.24, 2.45) is 0 Å². The molecule has 1 aliphatic rings. The number of rotatable bonds is 4. The number of aromatic nitrogens is 2. The summed E-state index contributed by atoms with van der Waals surface area (Å²) in [6, 6.07) is 18.6. The maximum Gasteiger partial charge on any atom is 0.259 e. The molecule has 3 aromatic carbocycles. The highest BCUT2D eigenvalue weighted by Crippen LogP contribution is 2.34. The smallest absolute Gasteiger partial charge is 0.259 e. The monoisotopic (exact) mass is 476 g/mol. The Hall–Kier alpha value is -3.65. The molecule has 0 unspecified atom stereocenters. The van der Waals surface area contributed by atoms with Crippen molar-refractivity contribution in [3.8, 4) is 11.5 Å². The lowest BCUT2D eigenvalue weighted by molar-refractivity contribution is 0.101. The average molecular weight is 477 g/mol. The lowest BCUT2D eigenvalue weighted by atomic mass is 10.1. The van der Waals surface area contributed by atoms with Crippen LogP contribution < -0.4 is 20.1 Å². The number of fused-ring (bicyclic) bond motifs is 2. The second kappa shape index (κ2) is 8.23. The Bertz CT molecular complexity index is 1300. The zero-order valence-corrected chi connectivity index (χ0v) is 17.8. The van der Waals surface area contributed by atoms with E-state index in [4.69, 9.17) is 9.47 Å². The molecule has 0 saturated carbocycles. The quantitative estimate of drug-likeness (QED) is 0.423. The molecule has 31 heavy (non-hydrogen) atoms. The lowest BCUT2D eigenvalue weighted by Crippen LogP contribution is -2.20. The molecule has 0 aliphatic carbocycles. The molecule has 8 heteroatoms. The molecule has 0 atom stereocenters. The number of para-hydroxylation sites is 1. The standard InChI is InChI=1S/C23H17BrN4O3/c24-14-3-1-4-15(11-14)27-22-18-12-16(7-8-19(18)25-13-26-22)28-23(29)17-5-2-6-20-21(17)31-10-9-30-20/h1-8,11-13H,9-10H2,(H,28,29)(H,25,26,27). The highest BCUT2D eigenvalue weighted by molar-refractivity contribution is 9.10. The largest absolute Gasteiger partial charge is 0.486 e. The number of hydrogen-bond acceptors (Lipinski definition) is 6. The Morgan fingerprint density at radius 2 is 1.81 bits per heavy atom. The Morgan fingerprint density at radius 1 is 0.935 bits per heavy atom. The molecule has 5 rings (SSSR count). The van der Waals surface area contributed by atoms with Gasteiger partial charge in [-0.15, -0.1) is 0 Å². The van der Waals surface area contributed by atoms with E-state index in [1.54, 1.807) is 18.2 Å². The number of benzene rings is 3. The molecule has 1 amide bonds. The van der Waals surface area contributed by atoms with Crippen LogP contribution in [0, 0.1) is 0 Å². The van der Waals surface area contributed by atoms with Gasteiger partial charge in [0, 0.05) is 21.2 Å². The summed E-state index contributed by atoms with van der Waals surface area (Å²) in [5, 5.41) is 7.03. The molecule has 2 N–H and O–H groups in total. The van der Waals surface area contributed by atoms with Gasteiger partial charge in [0.1, 0.15) is 25.4 Å². The van der Waals surface area contributed by atoms with Gasteiger partial charge in [-0.05, 0) is 48.5 Å². The van der Waals surface area contributed by atoms with Crippen molar-refractivity contribution in [3.05, 3.63) is 77.0 Å². The first kappa shape index (κ1) is 19.3. The highest BCUT2D eigenvalue weighted by atomic mass is 79.9. The van der Waals surface area contributed by atoms with Crippen LogP contribution in [0.25, 0.3) is 10.9 Å². The summed E-state index contributed by atoms with van der Waals surface area (Å²) in [5.41, 5.74) is 2.70. The SMILES string of the molecule is O=C(Nc1ccc2ncnc(Nc3cccc(Br)c3)c2c1)c1cccc2c1OCCO2. The summed E-state index contributed by atoms with van der Waals surface area (Å²) in [5.74, 6) is 1.41. The number of hydrogen-bond donors (Lipinski definition) is 2. The van der Waals surface area contributed by atoms with E-state index in [2.05, 4.69) is 36.5 Å². The van der Waals surface area contributed by atoms with Crippen molar-refractivity contribution in [1.29, 1.82) is 0 Å². The molecule has 2 heterocycles. The number of carbonyl (C=O) groups is 1. The summed E-state index contributed by atoms with van der Waals surface area (Å²) < 4.78 is 12.2. The number of halogens is 1. The summed E-state index contributed by atoms with van der Waals surface area (Å²) in [7, 11) is 0. The number of carbonyl (C=O) groups excluding carboxylic acids is 1. The molecule has 0 spiro atoms. The lowest BCUT2D eigenvalue weighted by Gasteiger charge is -2.20. The Balaban J connectivity index is 1.45. The van der Waals surface area contributed by atoms with E-state index in [-0.39, 0.29) is 5.91 Å². The van der Waals surface area contributed by atoms with Gasteiger partial charge in [-0.25, -0.2) is 9.97 Å². The van der Waals surface area contributed by atoms with Crippen molar-refractivity contribution in [1.82, 2.24) is 9.97 Å². The minimum Gasteiger partial charge on any atom is -0.486 e. The van der Waals surface area contributed by atoms with E-state index in [0.717, 1.165) is 21.1 Å². The fourth-order valence-corrected chi connectivity index (χ4v) is 3.79. The zero-order chi connectivity index (χ0) is 21.2. The Kier molecular flexibility index (Phi) is 5.13. The van der Waals surface area contributed by atoms with Crippen LogP contribution in [-0.4, -0.2) is 29.1 Å². The third kappa shape index (κ3) is 4.02. The van der Waals surface area contributed by atoms with Gasteiger partial charge in [-0.1, -0.05) is 28.1 Å². The molecule has 0 bridgehead atoms. The maximum atomic E-state index is 12.9. The van der Waals surface area contributed by atoms with E-state index >= 15 is 0 Å². The van der Waals surface area contributed by atoms with Crippen LogP contribution in [-0.2, 0) is 0 Å². The number of anilines is 3. The van der Waals surface area contributed by atoms with Crippen molar-refractivity contribution in [2.45, 2.75) is 0 Å². The Morgan fingerprint density at radius 3 is 2.71 bits per heavy atom. The van der Waals surface area contributed by atoms with Crippen LogP contribution in [0.1, 0.15) is 10.4 Å². The predicted molar refractivity (Wildman–Crippen MR) is 122 cm³/mol. The van der Waals surface area contributed by atoms with Crippen molar-refractivity contribution >= 4 is 49.9 Å². The molecule has 4 aromatic rings. The normalized spacial score (nSPS) is 12.4. The molecule has 154 valence electrons. The van der Waals surface area contributed by atoms with E-state index < -0.39 is 0 Å². The van der Waals surface area contributed by atoms with E-state index in [1.807, 2.05) is 42.5 Å². The van der Waals surface area contributed by atoms with Gasteiger partial charge in [0.25, 0.3) is 5.91 Å². The van der Waals surface area contributed by atoms with Crippen molar-refractivity contribution < 1.29 is 14.3 Å². The first-order valence-electron chi connectivity index (χ1n) is 9.65. The fraction of sp³-hybridized carbons (Fsp3) is 0.0870. The van der Waals surface area contributed by atoms with Gasteiger partial charge in [-0.3, -0.25) is 4.79 Å². The molecule has 1 aliphatic heterocycles. The first-order chi connectivity index (χ1) is 15.2. The van der Waals surface area contributed by atoms with Crippen LogP contribution in [0.3, 0.4) is 0 Å². The van der Waals surface area contributed by atoms with E-state index in [1.165, 1.54) is 6.33 Å². The van der Waals surface area contributed by atoms with Crippen LogP contribution in [0.15, 0.2) is 71.5 Å². The second-order valence-electron chi connectivity index (χ2n) is 6.87. The molecular formula is C23H17BrN4O3. The van der Waals surface area contributed by atoms with Crippen LogP contribution in [0.4, 0.5) is 17.2 Å². The van der Waals surface area contributed by atoms with Crippen molar-refractivity contribution in [2.75, 3.05) is 23.8 Å². The molecule has 0 fully saturated rings. The third-order valence-corrected chi connectivity index (χ3v) is 5.28. The minimum atomic E-state index is -0.278. The first-order valence-corrected chi connectivity index (χ1v) is 10.4. The third-order valence-electron chi connectivity index (χ3n) is 4.79. The maximum absolute atomic E-state index is 12.9. The zero-order valence-electron chi connectivity index (χ0n) is 16.3. The van der Waals surface area contributed by atoms with E-state index in [0.29, 0.717) is 41.8 Å². The number of ether oxygens (including phenoxy) is 2. The highest BCUT2D eigenvalue weighted by Gasteiger charge is 2.20. The summed E-state index contributed by atoms with van der Waals surface area (Å²) in [6.45, 7) is 0.881. The Labute approximate surface area is 186 Å². The summed E-state index contributed by atoms with van der Waals surface area (Å²) >= 11 is 3.47. The van der Waals surface area contributed by atoms with Gasteiger partial charge >= 0.3 is 0 Å². The topological polar surface area (TPSA) is 85.4 Å². The van der Waals surface area contributed by atoms with Crippen LogP contribution in [0.5, 0.6) is 11.5 Å². The second-order valence-corrected chi connectivity index (χ2v) is 7.79. The molecule has 7 nitrogen and oxygen atoms in total. The van der Waals surface area contributed by atoms with Gasteiger partial charge in [0.15, 0.2) is 11.5 Å². The van der Waals surface area contributed by atoms with Gasteiger partial charge in [0.2, 0.25) is 0 Å². The van der Waals surface area contributed by atoms with Crippen LogP contribution >= 0.6 is 15.9 Å². The van der Waals surface area contributed by atoms with Gasteiger partial charge in [-0.2, -0.15) is 0 Å². The van der Waals surface area contributed by atoms with Gasteiger partial charge in [0.05, 0.1) is 11.1 Å². The molecule has 1 aromatic heterocycles. The fourth-order valence-electron chi connectivity index (χ4n) is 3.39. The summed E-state index contributed by atoms with van der Waals surface area (Å²) in [6.07, 6.45) is 1.51. The number of amides is 1.